The van der Waals surface area contributed by atoms with Gasteiger partial charge in [-0.1, -0.05) is 37.3 Å². The van der Waals surface area contributed by atoms with Crippen LogP contribution in [0.5, 0.6) is 0 Å². The Kier molecular flexibility index (Phi) is 3.73. The molecule has 0 atom stereocenters. The van der Waals surface area contributed by atoms with Gasteiger partial charge in [0.25, 0.3) is 5.91 Å². The first-order chi connectivity index (χ1) is 10.6. The van der Waals surface area contributed by atoms with Crippen LogP contribution in [0.4, 0.5) is 4.39 Å². The van der Waals surface area contributed by atoms with E-state index in [2.05, 4.69) is 4.99 Å². The average Bonchev–Trinajstić information content (AvgIpc) is 2.62. The number of hydrogen-bond acceptors (Lipinski definition) is 3. The molecule has 112 valence electrons. The highest BCUT2D eigenvalue weighted by atomic mass is 19.1. The number of hydrogen-bond donors (Lipinski definition) is 1. The zero-order chi connectivity index (χ0) is 15.7. The van der Waals surface area contributed by atoms with E-state index in [0.717, 1.165) is 10.6 Å². The van der Waals surface area contributed by atoms with E-state index in [1.54, 1.807) is 24.3 Å². The molecule has 0 aromatic heterocycles. The Morgan fingerprint density at radius 2 is 2.00 bits per heavy atom. The molecule has 0 saturated carbocycles. The van der Waals surface area contributed by atoms with Crippen molar-refractivity contribution in [2.24, 2.45) is 4.99 Å². The van der Waals surface area contributed by atoms with Gasteiger partial charge >= 0.3 is 0 Å². The molecule has 0 radical (unpaired) electrons. The third kappa shape index (κ3) is 2.40. The van der Waals surface area contributed by atoms with Gasteiger partial charge < -0.3 is 0 Å². The van der Waals surface area contributed by atoms with Gasteiger partial charge in [-0.25, -0.2) is 14.4 Å². The van der Waals surface area contributed by atoms with E-state index >= 15 is 0 Å². The van der Waals surface area contributed by atoms with Crippen molar-refractivity contribution in [1.29, 1.82) is 0 Å². The molecule has 1 aliphatic rings. The van der Waals surface area contributed by atoms with E-state index in [1.165, 1.54) is 6.07 Å². The first-order valence-electron chi connectivity index (χ1n) is 7.07. The maximum Gasteiger partial charge on any atom is 0.268 e. The number of amides is 1. The largest absolute Gasteiger partial charge is 0.288 e. The van der Waals surface area contributed by atoms with Crippen LogP contribution < -0.4 is 10.6 Å². The van der Waals surface area contributed by atoms with Crippen molar-refractivity contribution in [3.8, 4) is 0 Å². The minimum Gasteiger partial charge on any atom is -0.288 e. The Labute approximate surface area is 126 Å². The lowest BCUT2D eigenvalue weighted by atomic mass is 10.0. The second kappa shape index (κ2) is 5.69. The predicted octanol–water partition coefficient (Wildman–Crippen LogP) is 1.40. The molecule has 1 amide bonds. The monoisotopic (exact) mass is 298 g/mol. The maximum absolute atomic E-state index is 14.2. The summed E-state index contributed by atoms with van der Waals surface area (Å²) in [4.78, 5) is 16.0. The van der Waals surface area contributed by atoms with Crippen LogP contribution in [0.25, 0.3) is 5.70 Å². The second-order valence-electron chi connectivity index (χ2n) is 5.06. The van der Waals surface area contributed by atoms with Gasteiger partial charge in [0.05, 0.1) is 11.1 Å². The molecule has 4 nitrogen and oxygen atoms in total. The van der Waals surface area contributed by atoms with Gasteiger partial charge in [0, 0.05) is 10.8 Å². The number of rotatable bonds is 2. The molecule has 1 aliphatic heterocycles. The topological polar surface area (TPSA) is 52.9 Å². The van der Waals surface area contributed by atoms with E-state index in [0.29, 0.717) is 17.0 Å². The summed E-state index contributed by atoms with van der Waals surface area (Å²) in [6.07, 6.45) is 0.690. The third-order valence-electron chi connectivity index (χ3n) is 3.66. The lowest BCUT2D eigenvalue weighted by Crippen LogP contribution is -2.34. The summed E-state index contributed by atoms with van der Waals surface area (Å²) in [7, 11) is 0. The summed E-state index contributed by atoms with van der Waals surface area (Å²) < 4.78 is 14.2. The molecule has 5 heteroatoms. The number of hydroxylamine groups is 2. The quantitative estimate of drug-likeness (QED) is 0.912. The number of aryl methyl sites for hydroxylation is 1. The van der Waals surface area contributed by atoms with Crippen molar-refractivity contribution in [1.82, 2.24) is 5.06 Å². The summed E-state index contributed by atoms with van der Waals surface area (Å²) in [5.41, 5.74) is 1.39. The van der Waals surface area contributed by atoms with Gasteiger partial charge in [-0.05, 0) is 24.1 Å². The highest BCUT2D eigenvalue weighted by molar-refractivity contribution is 5.82. The van der Waals surface area contributed by atoms with Gasteiger partial charge in [0.15, 0.2) is 0 Å². The number of para-hydroxylation sites is 1. The molecular weight excluding hydrogens is 283 g/mol. The van der Waals surface area contributed by atoms with Crippen LogP contribution in [-0.4, -0.2) is 22.7 Å². The van der Waals surface area contributed by atoms with Crippen LogP contribution in [0.15, 0.2) is 47.5 Å². The normalized spacial score (nSPS) is 14.4. The Hall–Kier alpha value is -2.53. The fourth-order valence-corrected chi connectivity index (χ4v) is 2.64. The second-order valence-corrected chi connectivity index (χ2v) is 5.06. The standard InChI is InChI=1S/C17H15FN2O2/c1-2-11-6-5-8-13-16(11)19-15(21)10-20(22)17(13)12-7-3-4-9-14(12)18/h3-9,22H,2,10H2,1H3. The highest BCUT2D eigenvalue weighted by Crippen LogP contribution is 2.18. The fourth-order valence-electron chi connectivity index (χ4n) is 2.64. The number of benzene rings is 2. The molecular formula is C17H15FN2O2. The molecule has 22 heavy (non-hydrogen) atoms. The van der Waals surface area contributed by atoms with Crippen molar-refractivity contribution >= 4 is 11.6 Å². The van der Waals surface area contributed by atoms with Crippen molar-refractivity contribution in [3.63, 3.8) is 0 Å². The van der Waals surface area contributed by atoms with Crippen molar-refractivity contribution in [2.75, 3.05) is 6.54 Å². The first kappa shape index (κ1) is 14.4. The molecule has 2 aromatic rings. The molecule has 0 aliphatic carbocycles. The van der Waals surface area contributed by atoms with E-state index < -0.39 is 11.7 Å². The van der Waals surface area contributed by atoms with Gasteiger partial charge in [0.1, 0.15) is 12.4 Å². The summed E-state index contributed by atoms with van der Waals surface area (Å²) in [6.45, 7) is 1.65. The minimum atomic E-state index is -0.462. The number of fused-ring (bicyclic) bond motifs is 1. The molecule has 0 bridgehead atoms. The van der Waals surface area contributed by atoms with Gasteiger partial charge in [-0.2, -0.15) is 0 Å². The van der Waals surface area contributed by atoms with Crippen molar-refractivity contribution in [2.45, 2.75) is 13.3 Å². The number of nitrogens with zero attached hydrogens (tertiary/aromatic N) is 2. The van der Waals surface area contributed by atoms with Crippen LogP contribution in [0.1, 0.15) is 18.1 Å². The molecule has 0 fully saturated rings. The van der Waals surface area contributed by atoms with Crippen LogP contribution >= 0.6 is 0 Å². The lowest BCUT2D eigenvalue weighted by Gasteiger charge is -2.18. The number of carbonyl (C=O) groups is 1. The molecule has 1 N–H and O–H groups in total. The first-order valence-corrected chi connectivity index (χ1v) is 7.07. The summed E-state index contributed by atoms with van der Waals surface area (Å²) in [6, 6.07) is 11.6. The van der Waals surface area contributed by atoms with Crippen LogP contribution in [-0.2, 0) is 11.2 Å². The number of carbonyl (C=O) groups excluding carboxylic acids is 1. The van der Waals surface area contributed by atoms with Gasteiger partial charge in [-0.15, -0.1) is 0 Å². The molecule has 0 spiro atoms. The molecule has 0 unspecified atom stereocenters. The highest BCUT2D eigenvalue weighted by Gasteiger charge is 2.21. The fraction of sp³-hybridized carbons (Fsp3) is 0.176. The zero-order valence-electron chi connectivity index (χ0n) is 12.1. The van der Waals surface area contributed by atoms with Crippen LogP contribution in [0.2, 0.25) is 0 Å². The average molecular weight is 298 g/mol. The van der Waals surface area contributed by atoms with E-state index in [4.69, 9.17) is 0 Å². The van der Waals surface area contributed by atoms with Crippen LogP contribution in [0.3, 0.4) is 0 Å². The zero-order valence-corrected chi connectivity index (χ0v) is 12.1. The van der Waals surface area contributed by atoms with Crippen molar-refractivity contribution in [3.05, 3.63) is 70.0 Å². The molecule has 3 rings (SSSR count). The summed E-state index contributed by atoms with van der Waals surface area (Å²) in [5.74, 6) is -0.922. The third-order valence-corrected chi connectivity index (χ3v) is 3.66. The lowest BCUT2D eigenvalue weighted by molar-refractivity contribution is -0.125. The number of halogens is 1. The molecule has 1 heterocycles. The van der Waals surface area contributed by atoms with Crippen LogP contribution in [0, 0.1) is 5.82 Å². The van der Waals surface area contributed by atoms with E-state index in [9.17, 15) is 14.4 Å². The predicted molar refractivity (Wildman–Crippen MR) is 79.0 cm³/mol. The summed E-state index contributed by atoms with van der Waals surface area (Å²) in [5, 5.41) is 12.1. The molecule has 0 saturated heterocycles. The summed E-state index contributed by atoms with van der Waals surface area (Å²) >= 11 is 0. The Morgan fingerprint density at radius 3 is 2.73 bits per heavy atom. The Morgan fingerprint density at radius 1 is 1.23 bits per heavy atom. The van der Waals surface area contributed by atoms with Gasteiger partial charge in [0.2, 0.25) is 0 Å². The van der Waals surface area contributed by atoms with E-state index in [1.807, 2.05) is 19.1 Å². The van der Waals surface area contributed by atoms with Crippen molar-refractivity contribution < 1.29 is 14.4 Å². The minimum absolute atomic E-state index is 0.240. The van der Waals surface area contributed by atoms with E-state index in [-0.39, 0.29) is 17.8 Å². The smallest absolute Gasteiger partial charge is 0.268 e. The Bertz CT molecular complexity index is 861. The Balaban J connectivity index is 2.47. The SMILES string of the molecule is CCc1cccc2c1=NC(=O)CN(O)C=2c1ccccc1F. The van der Waals surface area contributed by atoms with Gasteiger partial charge in [-0.3, -0.25) is 10.0 Å². The molecule has 2 aromatic carbocycles. The maximum atomic E-state index is 14.2.